The third-order valence-corrected chi connectivity index (χ3v) is 12.1. The number of carboxylic acid groups (broad SMARTS) is 1. The number of anilines is 1. The molecule has 274 valence electrons. The van der Waals surface area contributed by atoms with Crippen molar-refractivity contribution in [2.75, 3.05) is 25.2 Å². The van der Waals surface area contributed by atoms with Crippen LogP contribution >= 0.6 is 11.6 Å². The van der Waals surface area contributed by atoms with Gasteiger partial charge in [-0.3, -0.25) is 14.9 Å². The first-order valence-corrected chi connectivity index (χ1v) is 19.2. The smallest absolute Gasteiger partial charge is 0.323 e. The van der Waals surface area contributed by atoms with E-state index in [0.717, 1.165) is 33.5 Å². The maximum Gasteiger partial charge on any atom is 0.323 e. The fraction of sp³-hybridized carbons (Fsp3) is 0.378. The molecule has 1 saturated carbocycles. The number of hydrogen-bond donors (Lipinski definition) is 3. The number of imidazole rings is 1. The van der Waals surface area contributed by atoms with Crippen LogP contribution < -0.4 is 20.1 Å². The van der Waals surface area contributed by atoms with Crippen LogP contribution in [0.2, 0.25) is 5.02 Å². The molecule has 2 heterocycles. The van der Waals surface area contributed by atoms with Crippen molar-refractivity contribution in [2.45, 2.75) is 63.8 Å². The summed E-state index contributed by atoms with van der Waals surface area (Å²) >= 11 is 6.51. The Bertz CT molecular complexity index is 2240. The Balaban J connectivity index is 1.11. The topological polar surface area (TPSA) is 152 Å². The van der Waals surface area contributed by atoms with Crippen molar-refractivity contribution in [1.82, 2.24) is 19.2 Å². The van der Waals surface area contributed by atoms with Crippen molar-refractivity contribution in [3.05, 3.63) is 92.8 Å². The molecule has 1 amide bonds. The standard InChI is InChI=1S/C37H39ClFN5O7S/c1-20-21(7-6-10-26(20)42-35(45)34-41-27-19-44(52(4,48)49)16-13-28(27)43(34)2)22-8-5-9-24-23(22)11-12-29(24)51-31-17-30(50-3)25(33(39)32(31)38)18-40-37(14-15-37)36(46)47/h5-10,17,29,40H,11-16,18-19H2,1-4H3,(H,42,45)(H,46,47). The summed E-state index contributed by atoms with van der Waals surface area (Å²) in [6.45, 7) is 2.33. The van der Waals surface area contributed by atoms with Gasteiger partial charge < -0.3 is 24.5 Å². The largest absolute Gasteiger partial charge is 0.496 e. The summed E-state index contributed by atoms with van der Waals surface area (Å²) in [6, 6.07) is 13.2. The Morgan fingerprint density at radius 2 is 1.87 bits per heavy atom. The molecule has 1 fully saturated rings. The first-order chi connectivity index (χ1) is 24.7. The Morgan fingerprint density at radius 3 is 2.56 bits per heavy atom. The molecular formula is C37H39ClFN5O7S. The lowest BCUT2D eigenvalue weighted by molar-refractivity contribution is -0.140. The molecule has 4 aromatic rings. The Labute approximate surface area is 305 Å². The van der Waals surface area contributed by atoms with E-state index in [1.54, 1.807) is 17.7 Å². The third-order valence-electron chi connectivity index (χ3n) is 10.5. The van der Waals surface area contributed by atoms with E-state index in [-0.39, 0.29) is 41.0 Å². The molecule has 0 saturated heterocycles. The second-order valence-electron chi connectivity index (χ2n) is 13.6. The molecule has 52 heavy (non-hydrogen) atoms. The number of carboxylic acids is 1. The summed E-state index contributed by atoms with van der Waals surface area (Å²) in [5.41, 5.74) is 5.86. The van der Waals surface area contributed by atoms with Crippen LogP contribution in [0.3, 0.4) is 0 Å². The number of halogens is 2. The zero-order chi connectivity index (χ0) is 37.1. The Kier molecular flexibility index (Phi) is 9.30. The van der Waals surface area contributed by atoms with Crippen molar-refractivity contribution in [1.29, 1.82) is 0 Å². The first-order valence-electron chi connectivity index (χ1n) is 16.9. The van der Waals surface area contributed by atoms with Crippen molar-refractivity contribution in [2.24, 2.45) is 7.05 Å². The van der Waals surface area contributed by atoms with Gasteiger partial charge in [-0.2, -0.15) is 4.31 Å². The molecular weight excluding hydrogens is 713 g/mol. The van der Waals surface area contributed by atoms with E-state index in [2.05, 4.69) is 15.6 Å². The molecule has 3 aliphatic rings. The van der Waals surface area contributed by atoms with Crippen LogP contribution in [0.1, 0.15) is 69.6 Å². The predicted molar refractivity (Wildman–Crippen MR) is 193 cm³/mol. The van der Waals surface area contributed by atoms with Gasteiger partial charge in [0.15, 0.2) is 11.6 Å². The van der Waals surface area contributed by atoms with Crippen LogP contribution in [0.25, 0.3) is 11.1 Å². The van der Waals surface area contributed by atoms with Gasteiger partial charge in [0.1, 0.15) is 28.2 Å². The van der Waals surface area contributed by atoms with Gasteiger partial charge in [-0.25, -0.2) is 17.8 Å². The number of aromatic nitrogens is 2. The van der Waals surface area contributed by atoms with Gasteiger partial charge in [-0.05, 0) is 66.5 Å². The number of benzene rings is 3. The number of aliphatic carboxylic acids is 1. The summed E-state index contributed by atoms with van der Waals surface area (Å²) in [7, 11) is -0.209. The average molecular weight is 752 g/mol. The SMILES string of the molecule is COc1cc(OC2CCc3c(-c4cccc(NC(=O)c5nc6c(n5C)CCN(S(C)(=O)=O)C6)c4C)cccc32)c(Cl)c(F)c1CNC1(C(=O)O)CC1. The van der Waals surface area contributed by atoms with E-state index in [9.17, 15) is 23.1 Å². The fourth-order valence-electron chi connectivity index (χ4n) is 7.28. The second-order valence-corrected chi connectivity index (χ2v) is 16.0. The predicted octanol–water partition coefficient (Wildman–Crippen LogP) is 5.54. The van der Waals surface area contributed by atoms with Crippen molar-refractivity contribution >= 4 is 39.2 Å². The highest BCUT2D eigenvalue weighted by Crippen LogP contribution is 2.45. The van der Waals surface area contributed by atoms with Crippen LogP contribution in [-0.2, 0) is 47.8 Å². The molecule has 1 unspecified atom stereocenters. The molecule has 3 aromatic carbocycles. The number of carbonyl (C=O) groups is 2. The zero-order valence-electron chi connectivity index (χ0n) is 29.2. The lowest BCUT2D eigenvalue weighted by Gasteiger charge is -2.24. The van der Waals surface area contributed by atoms with Crippen LogP contribution in [0.4, 0.5) is 10.1 Å². The van der Waals surface area contributed by atoms with Crippen LogP contribution in [0.5, 0.6) is 11.5 Å². The van der Waals surface area contributed by atoms with Gasteiger partial charge in [0.25, 0.3) is 5.91 Å². The second kappa shape index (κ2) is 13.5. The summed E-state index contributed by atoms with van der Waals surface area (Å²) in [6.07, 6.45) is 3.44. The van der Waals surface area contributed by atoms with Gasteiger partial charge in [0, 0.05) is 49.6 Å². The van der Waals surface area contributed by atoms with Gasteiger partial charge in [-0.15, -0.1) is 0 Å². The van der Waals surface area contributed by atoms with Crippen LogP contribution in [0.15, 0.2) is 42.5 Å². The van der Waals surface area contributed by atoms with Crippen molar-refractivity contribution in [3.8, 4) is 22.6 Å². The molecule has 2 aliphatic carbocycles. The van der Waals surface area contributed by atoms with Gasteiger partial charge in [-0.1, -0.05) is 41.9 Å². The molecule has 1 aliphatic heterocycles. The van der Waals surface area contributed by atoms with Gasteiger partial charge in [0.2, 0.25) is 10.0 Å². The van der Waals surface area contributed by atoms with E-state index < -0.39 is 39.4 Å². The number of sulfonamides is 1. The number of nitrogens with zero attached hydrogens (tertiary/aromatic N) is 3. The minimum atomic E-state index is -3.38. The summed E-state index contributed by atoms with van der Waals surface area (Å²) in [4.78, 5) is 29.7. The number of nitrogens with one attached hydrogen (secondary N) is 2. The molecule has 0 spiro atoms. The number of hydrogen-bond acceptors (Lipinski definition) is 8. The molecule has 1 atom stereocenters. The lowest BCUT2D eigenvalue weighted by Crippen LogP contribution is -2.38. The summed E-state index contributed by atoms with van der Waals surface area (Å²) in [5.74, 6) is -1.57. The molecule has 3 N–H and O–H groups in total. The maximum absolute atomic E-state index is 15.6. The number of methoxy groups -OCH3 is 1. The van der Waals surface area contributed by atoms with E-state index >= 15 is 4.39 Å². The molecule has 0 radical (unpaired) electrons. The normalized spacial score (nSPS) is 17.7. The first kappa shape index (κ1) is 35.9. The van der Waals surface area contributed by atoms with Crippen LogP contribution in [0, 0.1) is 12.7 Å². The Hall–Kier alpha value is -4.50. The Morgan fingerprint density at radius 1 is 1.13 bits per heavy atom. The van der Waals surface area contributed by atoms with E-state index in [1.807, 2.05) is 43.3 Å². The molecule has 12 nitrogen and oxygen atoms in total. The van der Waals surface area contributed by atoms with Crippen LogP contribution in [-0.4, -0.2) is 64.7 Å². The third kappa shape index (κ3) is 6.42. The number of rotatable bonds is 11. The highest BCUT2D eigenvalue weighted by Gasteiger charge is 2.50. The van der Waals surface area contributed by atoms with Gasteiger partial charge >= 0.3 is 5.97 Å². The lowest BCUT2D eigenvalue weighted by atomic mass is 9.93. The fourth-order valence-corrected chi connectivity index (χ4v) is 8.27. The highest BCUT2D eigenvalue weighted by molar-refractivity contribution is 7.88. The maximum atomic E-state index is 15.6. The van der Waals surface area contributed by atoms with E-state index in [4.69, 9.17) is 21.1 Å². The molecule has 15 heteroatoms. The highest BCUT2D eigenvalue weighted by atomic mass is 35.5. The van der Waals surface area contributed by atoms with E-state index in [1.165, 1.54) is 17.7 Å². The molecule has 7 rings (SSSR count). The van der Waals surface area contributed by atoms with Gasteiger partial charge in [0.05, 0.1) is 25.6 Å². The number of ether oxygens (including phenoxy) is 2. The number of fused-ring (bicyclic) bond motifs is 2. The zero-order valence-corrected chi connectivity index (χ0v) is 30.8. The monoisotopic (exact) mass is 751 g/mol. The molecule has 1 aromatic heterocycles. The summed E-state index contributed by atoms with van der Waals surface area (Å²) < 4.78 is 54.8. The van der Waals surface area contributed by atoms with E-state index in [0.29, 0.717) is 50.0 Å². The quantitative estimate of drug-likeness (QED) is 0.179. The molecule has 0 bridgehead atoms. The average Bonchev–Trinajstić information content (AvgIpc) is 3.70. The summed E-state index contributed by atoms with van der Waals surface area (Å²) in [5, 5.41) is 15.3. The van der Waals surface area contributed by atoms with Crippen molar-refractivity contribution in [3.63, 3.8) is 0 Å². The minimum absolute atomic E-state index is 0.0658. The number of carbonyl (C=O) groups excluding carboxylic acids is 1. The minimum Gasteiger partial charge on any atom is -0.496 e. The number of amides is 1. The van der Waals surface area contributed by atoms with Crippen molar-refractivity contribution < 1.29 is 37.0 Å².